The van der Waals surface area contributed by atoms with Gasteiger partial charge in [0, 0.05) is 17.7 Å². The van der Waals surface area contributed by atoms with Crippen LogP contribution in [0.2, 0.25) is 0 Å². The summed E-state index contributed by atoms with van der Waals surface area (Å²) in [6, 6.07) is 0. The minimum absolute atomic E-state index is 0.104. The van der Waals surface area contributed by atoms with E-state index >= 15 is 0 Å². The molecule has 0 bridgehead atoms. The van der Waals surface area contributed by atoms with Crippen molar-refractivity contribution in [2.75, 3.05) is 18.1 Å². The van der Waals surface area contributed by atoms with E-state index in [1.807, 2.05) is 0 Å². The molecule has 2 N–H and O–H groups in total. The van der Waals surface area contributed by atoms with E-state index in [1.165, 1.54) is 11.8 Å². The third-order valence-corrected chi connectivity index (χ3v) is 4.29. The summed E-state index contributed by atoms with van der Waals surface area (Å²) >= 11 is 1.34. The summed E-state index contributed by atoms with van der Waals surface area (Å²) in [5.74, 6) is 0.667. The summed E-state index contributed by atoms with van der Waals surface area (Å²) in [6.45, 7) is 4.86. The molecule has 0 aromatic carbocycles. The number of carbonyl (C=O) groups excluding carboxylic acids is 1. The number of rotatable bonds is 8. The van der Waals surface area contributed by atoms with E-state index in [4.69, 9.17) is 5.11 Å². The fraction of sp³-hybridized carbons (Fsp3) is 0.846. The zero-order valence-electron chi connectivity index (χ0n) is 11.2. The highest BCUT2D eigenvalue weighted by Crippen LogP contribution is 2.46. The number of carboxylic acids is 1. The normalized spacial score (nSPS) is 17.3. The van der Waals surface area contributed by atoms with Crippen LogP contribution in [0.1, 0.15) is 39.5 Å². The summed E-state index contributed by atoms with van der Waals surface area (Å²) in [6.07, 6.45) is 4.10. The zero-order valence-corrected chi connectivity index (χ0v) is 12.0. The van der Waals surface area contributed by atoms with E-state index in [-0.39, 0.29) is 17.1 Å². The largest absolute Gasteiger partial charge is 0.481 e. The van der Waals surface area contributed by atoms with Crippen LogP contribution in [0.15, 0.2) is 0 Å². The van der Waals surface area contributed by atoms with Crippen LogP contribution >= 0.6 is 11.8 Å². The van der Waals surface area contributed by atoms with Crippen LogP contribution < -0.4 is 5.32 Å². The minimum Gasteiger partial charge on any atom is -0.481 e. The van der Waals surface area contributed by atoms with Gasteiger partial charge in [0.2, 0.25) is 5.91 Å². The quantitative estimate of drug-likeness (QED) is 0.665. The van der Waals surface area contributed by atoms with Gasteiger partial charge in [0.15, 0.2) is 0 Å². The predicted octanol–water partition coefficient (Wildman–Crippen LogP) is 2.14. The standard InChI is InChI=1S/C13H23NO3S/c1-10(2)8-13(4-3-5-13)12(17)14-6-7-18-9-11(15)16/h10H,3-9H2,1-2H3,(H,14,17)(H,15,16). The Hall–Kier alpha value is -0.710. The molecule has 5 heteroatoms. The molecule has 1 fully saturated rings. The topological polar surface area (TPSA) is 66.4 Å². The van der Waals surface area contributed by atoms with Gasteiger partial charge < -0.3 is 10.4 Å². The van der Waals surface area contributed by atoms with Crippen molar-refractivity contribution in [1.82, 2.24) is 5.32 Å². The highest BCUT2D eigenvalue weighted by molar-refractivity contribution is 7.99. The van der Waals surface area contributed by atoms with Crippen LogP contribution in [0.4, 0.5) is 0 Å². The minimum atomic E-state index is -0.804. The van der Waals surface area contributed by atoms with Crippen LogP contribution in [0.3, 0.4) is 0 Å². The lowest BCUT2D eigenvalue weighted by Crippen LogP contribution is -2.47. The second-order valence-corrected chi connectivity index (χ2v) is 6.54. The van der Waals surface area contributed by atoms with Crippen molar-refractivity contribution in [1.29, 1.82) is 0 Å². The molecule has 0 radical (unpaired) electrons. The van der Waals surface area contributed by atoms with Gasteiger partial charge in [0.1, 0.15) is 0 Å². The maximum atomic E-state index is 12.1. The molecule has 1 aliphatic rings. The third-order valence-electron chi connectivity index (χ3n) is 3.35. The Morgan fingerprint density at radius 3 is 2.50 bits per heavy atom. The van der Waals surface area contributed by atoms with Gasteiger partial charge in [0.25, 0.3) is 0 Å². The van der Waals surface area contributed by atoms with Crippen molar-refractivity contribution in [3.8, 4) is 0 Å². The van der Waals surface area contributed by atoms with Gasteiger partial charge >= 0.3 is 5.97 Å². The molecule has 4 nitrogen and oxygen atoms in total. The molecule has 1 amide bonds. The first-order chi connectivity index (χ1) is 8.46. The monoisotopic (exact) mass is 273 g/mol. The van der Waals surface area contributed by atoms with Crippen molar-refractivity contribution in [3.63, 3.8) is 0 Å². The lowest BCUT2D eigenvalue weighted by atomic mass is 9.64. The van der Waals surface area contributed by atoms with Crippen molar-refractivity contribution >= 4 is 23.6 Å². The fourth-order valence-electron chi connectivity index (χ4n) is 2.49. The second-order valence-electron chi connectivity index (χ2n) is 5.43. The number of thioether (sulfide) groups is 1. The molecule has 0 heterocycles. The molecule has 104 valence electrons. The molecule has 1 rings (SSSR count). The van der Waals surface area contributed by atoms with E-state index in [0.717, 1.165) is 25.7 Å². The van der Waals surface area contributed by atoms with Gasteiger partial charge in [-0.1, -0.05) is 20.3 Å². The molecular formula is C13H23NO3S. The van der Waals surface area contributed by atoms with Gasteiger partial charge in [0.05, 0.1) is 5.75 Å². The molecule has 0 aliphatic heterocycles. The number of hydrogen-bond donors (Lipinski definition) is 2. The Bertz CT molecular complexity index is 301. The molecule has 0 aromatic heterocycles. The lowest BCUT2D eigenvalue weighted by Gasteiger charge is -2.41. The maximum Gasteiger partial charge on any atom is 0.313 e. The Balaban J connectivity index is 2.24. The van der Waals surface area contributed by atoms with Crippen LogP contribution in [0.5, 0.6) is 0 Å². The molecule has 0 aromatic rings. The molecule has 1 saturated carbocycles. The zero-order chi connectivity index (χ0) is 13.6. The average molecular weight is 273 g/mol. The Morgan fingerprint density at radius 1 is 1.39 bits per heavy atom. The lowest BCUT2D eigenvalue weighted by molar-refractivity contribution is -0.137. The highest BCUT2D eigenvalue weighted by Gasteiger charge is 2.43. The Labute approximate surface area is 113 Å². The average Bonchev–Trinajstić information content (AvgIpc) is 2.21. The summed E-state index contributed by atoms with van der Waals surface area (Å²) in [5.41, 5.74) is -0.133. The third kappa shape index (κ3) is 4.52. The Kier molecular flexibility index (Phi) is 5.99. The highest BCUT2D eigenvalue weighted by atomic mass is 32.2. The van der Waals surface area contributed by atoms with Crippen molar-refractivity contribution in [2.24, 2.45) is 11.3 Å². The molecular weight excluding hydrogens is 250 g/mol. The molecule has 0 saturated heterocycles. The summed E-state index contributed by atoms with van der Waals surface area (Å²) in [5, 5.41) is 11.4. The number of hydrogen-bond acceptors (Lipinski definition) is 3. The van der Waals surface area contributed by atoms with E-state index in [1.54, 1.807) is 0 Å². The van der Waals surface area contributed by atoms with Gasteiger partial charge in [-0.25, -0.2) is 0 Å². The van der Waals surface area contributed by atoms with Gasteiger partial charge in [-0.15, -0.1) is 11.8 Å². The van der Waals surface area contributed by atoms with Gasteiger partial charge in [-0.05, 0) is 25.2 Å². The number of amides is 1. The second kappa shape index (κ2) is 7.02. The van der Waals surface area contributed by atoms with E-state index in [0.29, 0.717) is 18.2 Å². The van der Waals surface area contributed by atoms with Gasteiger partial charge in [-0.2, -0.15) is 0 Å². The molecule has 0 unspecified atom stereocenters. The smallest absolute Gasteiger partial charge is 0.313 e. The van der Waals surface area contributed by atoms with Crippen molar-refractivity contribution in [3.05, 3.63) is 0 Å². The first-order valence-corrected chi connectivity index (χ1v) is 7.69. The molecule has 0 atom stereocenters. The van der Waals surface area contributed by atoms with E-state index in [9.17, 15) is 9.59 Å². The summed E-state index contributed by atoms with van der Waals surface area (Å²) in [4.78, 5) is 22.5. The van der Waals surface area contributed by atoms with Crippen molar-refractivity contribution in [2.45, 2.75) is 39.5 Å². The van der Waals surface area contributed by atoms with Crippen LogP contribution in [-0.4, -0.2) is 35.0 Å². The van der Waals surface area contributed by atoms with Gasteiger partial charge in [-0.3, -0.25) is 9.59 Å². The number of aliphatic carboxylic acids is 1. The number of carboxylic acid groups (broad SMARTS) is 1. The van der Waals surface area contributed by atoms with Crippen LogP contribution in [-0.2, 0) is 9.59 Å². The summed E-state index contributed by atoms with van der Waals surface area (Å²) in [7, 11) is 0. The fourth-order valence-corrected chi connectivity index (χ4v) is 3.06. The first kappa shape index (κ1) is 15.3. The molecule has 1 aliphatic carbocycles. The maximum absolute atomic E-state index is 12.1. The van der Waals surface area contributed by atoms with E-state index in [2.05, 4.69) is 19.2 Å². The van der Waals surface area contributed by atoms with Crippen molar-refractivity contribution < 1.29 is 14.7 Å². The van der Waals surface area contributed by atoms with E-state index < -0.39 is 5.97 Å². The first-order valence-electron chi connectivity index (χ1n) is 6.54. The van der Waals surface area contributed by atoms with Crippen LogP contribution in [0.25, 0.3) is 0 Å². The Morgan fingerprint density at radius 2 is 2.06 bits per heavy atom. The SMILES string of the molecule is CC(C)CC1(C(=O)NCCSCC(=O)O)CCC1. The molecule has 0 spiro atoms. The number of carbonyl (C=O) groups is 2. The predicted molar refractivity (Wildman–Crippen MR) is 73.7 cm³/mol. The van der Waals surface area contributed by atoms with Crippen LogP contribution in [0, 0.1) is 11.3 Å². The summed E-state index contributed by atoms with van der Waals surface area (Å²) < 4.78 is 0. The number of nitrogens with one attached hydrogen (secondary N) is 1. The molecule has 18 heavy (non-hydrogen) atoms.